The summed E-state index contributed by atoms with van der Waals surface area (Å²) in [7, 11) is 1.62. The number of ether oxygens (including phenoxy) is 2. The highest BCUT2D eigenvalue weighted by Gasteiger charge is 2.32. The summed E-state index contributed by atoms with van der Waals surface area (Å²) in [5.41, 5.74) is 3.29. The second-order valence-electron chi connectivity index (χ2n) is 8.16. The molecule has 0 bridgehead atoms. The molecule has 2 aromatic carbocycles. The van der Waals surface area contributed by atoms with Crippen molar-refractivity contribution in [3.63, 3.8) is 0 Å². The quantitative estimate of drug-likeness (QED) is 0.548. The monoisotopic (exact) mass is 424 g/mol. The van der Waals surface area contributed by atoms with Crippen molar-refractivity contribution in [1.29, 1.82) is 0 Å². The van der Waals surface area contributed by atoms with Gasteiger partial charge in [0.15, 0.2) is 5.78 Å². The lowest BCUT2D eigenvalue weighted by molar-refractivity contribution is 0.103. The number of halogens is 1. The van der Waals surface area contributed by atoms with Gasteiger partial charge in [-0.1, -0.05) is 11.6 Å². The van der Waals surface area contributed by atoms with Crippen molar-refractivity contribution in [2.45, 2.75) is 25.8 Å². The van der Waals surface area contributed by atoms with E-state index in [1.54, 1.807) is 7.11 Å². The molecule has 1 fully saturated rings. The number of methoxy groups -OCH3 is 1. The summed E-state index contributed by atoms with van der Waals surface area (Å²) in [5, 5.41) is 1.44. The molecule has 1 unspecified atom stereocenters. The van der Waals surface area contributed by atoms with E-state index in [4.69, 9.17) is 21.1 Å². The molecule has 0 aliphatic carbocycles. The van der Waals surface area contributed by atoms with Crippen LogP contribution < -0.4 is 9.47 Å². The minimum Gasteiger partial charge on any atom is -0.497 e. The van der Waals surface area contributed by atoms with Crippen LogP contribution in [0.25, 0.3) is 10.9 Å². The fourth-order valence-corrected chi connectivity index (χ4v) is 5.10. The van der Waals surface area contributed by atoms with Gasteiger partial charge in [0.2, 0.25) is 0 Å². The van der Waals surface area contributed by atoms with Gasteiger partial charge < -0.3 is 18.9 Å². The summed E-state index contributed by atoms with van der Waals surface area (Å²) in [5.74, 6) is 1.48. The summed E-state index contributed by atoms with van der Waals surface area (Å²) >= 11 is 6.40. The van der Waals surface area contributed by atoms with Crippen molar-refractivity contribution < 1.29 is 14.3 Å². The average molecular weight is 425 g/mol. The van der Waals surface area contributed by atoms with Crippen molar-refractivity contribution in [3.8, 4) is 11.5 Å². The van der Waals surface area contributed by atoms with Crippen LogP contribution in [0.1, 0.15) is 40.5 Å². The normalized spacial score (nSPS) is 18.6. The highest BCUT2D eigenvalue weighted by molar-refractivity contribution is 6.32. The van der Waals surface area contributed by atoms with Gasteiger partial charge in [0.05, 0.1) is 24.2 Å². The largest absolute Gasteiger partial charge is 0.497 e. The molecule has 0 radical (unpaired) electrons. The number of aromatic nitrogens is 1. The maximum Gasteiger partial charge on any atom is 0.195 e. The molecule has 3 heterocycles. The lowest BCUT2D eigenvalue weighted by atomic mass is 10.0. The topological polar surface area (TPSA) is 43.7 Å². The van der Waals surface area contributed by atoms with E-state index in [2.05, 4.69) is 9.47 Å². The Morgan fingerprint density at radius 1 is 1.20 bits per heavy atom. The first-order valence-electron chi connectivity index (χ1n) is 10.4. The van der Waals surface area contributed by atoms with Gasteiger partial charge in [0, 0.05) is 34.3 Å². The number of nitrogens with zero attached hydrogens (tertiary/aromatic N) is 2. The molecule has 0 saturated carbocycles. The van der Waals surface area contributed by atoms with Gasteiger partial charge in [0.1, 0.15) is 18.1 Å². The van der Waals surface area contributed by atoms with Crippen LogP contribution in [0.4, 0.5) is 0 Å². The van der Waals surface area contributed by atoms with Gasteiger partial charge in [-0.2, -0.15) is 0 Å². The van der Waals surface area contributed by atoms with Gasteiger partial charge >= 0.3 is 0 Å². The number of ketones is 1. The molecule has 156 valence electrons. The van der Waals surface area contributed by atoms with Gasteiger partial charge in [-0.15, -0.1) is 0 Å². The third-order valence-electron chi connectivity index (χ3n) is 6.32. The molecule has 2 aliphatic rings. The molecule has 0 spiro atoms. The number of carbonyl (C=O) groups excluding carboxylic acids is 1. The number of rotatable bonds is 5. The molecule has 0 amide bonds. The lowest BCUT2D eigenvalue weighted by Crippen LogP contribution is -2.34. The summed E-state index contributed by atoms with van der Waals surface area (Å²) in [6.07, 6.45) is 2.50. The molecule has 30 heavy (non-hydrogen) atoms. The summed E-state index contributed by atoms with van der Waals surface area (Å²) < 4.78 is 13.7. The summed E-state index contributed by atoms with van der Waals surface area (Å²) in [6.45, 7) is 5.82. The third kappa shape index (κ3) is 3.17. The Morgan fingerprint density at radius 3 is 2.63 bits per heavy atom. The highest BCUT2D eigenvalue weighted by Crippen LogP contribution is 2.41. The predicted octanol–water partition coefficient (Wildman–Crippen LogP) is 4.87. The second-order valence-corrected chi connectivity index (χ2v) is 8.60. The summed E-state index contributed by atoms with van der Waals surface area (Å²) in [4.78, 5) is 16.0. The molecular formula is C24H25ClN2O3. The first-order chi connectivity index (χ1) is 14.6. The van der Waals surface area contributed by atoms with Crippen molar-refractivity contribution in [3.05, 3.63) is 58.2 Å². The lowest BCUT2D eigenvalue weighted by Gasteiger charge is -2.31. The maximum absolute atomic E-state index is 13.6. The number of hydrogen-bond donors (Lipinski definition) is 0. The number of hydrogen-bond acceptors (Lipinski definition) is 4. The van der Waals surface area contributed by atoms with E-state index in [0.717, 1.165) is 47.7 Å². The molecule has 1 atom stereocenters. The zero-order valence-corrected chi connectivity index (χ0v) is 18.0. The van der Waals surface area contributed by atoms with Crippen LogP contribution in [0.2, 0.25) is 5.02 Å². The maximum atomic E-state index is 13.6. The molecule has 3 aromatic rings. The van der Waals surface area contributed by atoms with Crippen molar-refractivity contribution in [2.24, 2.45) is 0 Å². The number of likely N-dealkylation sites (tertiary alicyclic amines) is 1. The fourth-order valence-electron chi connectivity index (χ4n) is 4.89. The van der Waals surface area contributed by atoms with E-state index >= 15 is 0 Å². The van der Waals surface area contributed by atoms with Gasteiger partial charge in [-0.25, -0.2) is 0 Å². The summed E-state index contributed by atoms with van der Waals surface area (Å²) in [6, 6.07) is 11.2. The average Bonchev–Trinajstić information content (AvgIpc) is 3.36. The second kappa shape index (κ2) is 7.64. The van der Waals surface area contributed by atoms with Gasteiger partial charge in [-0.3, -0.25) is 4.79 Å². The van der Waals surface area contributed by atoms with Crippen LogP contribution in [0.15, 0.2) is 36.4 Å². The molecule has 6 heteroatoms. The van der Waals surface area contributed by atoms with Crippen molar-refractivity contribution in [2.75, 3.05) is 33.4 Å². The zero-order chi connectivity index (χ0) is 20.8. The Kier molecular flexibility index (Phi) is 4.95. The Balaban J connectivity index is 1.64. The Morgan fingerprint density at radius 2 is 1.93 bits per heavy atom. The number of benzene rings is 2. The Hall–Kier alpha value is -2.50. The molecule has 5 nitrogen and oxygen atoms in total. The molecule has 0 N–H and O–H groups in total. The Labute approximate surface area is 181 Å². The van der Waals surface area contributed by atoms with Gasteiger partial charge in [-0.05, 0) is 63.2 Å². The van der Waals surface area contributed by atoms with Crippen molar-refractivity contribution >= 4 is 28.3 Å². The van der Waals surface area contributed by atoms with E-state index in [-0.39, 0.29) is 11.8 Å². The SMILES string of the molecule is COc1ccc(C(=O)c2c(C)n3c4c(cc(Cl)cc24)OCC3CN2CCCC2)cc1. The van der Waals surface area contributed by atoms with Crippen LogP contribution in [-0.2, 0) is 0 Å². The van der Waals surface area contributed by atoms with E-state index in [1.165, 1.54) is 12.8 Å². The molecule has 2 aliphatic heterocycles. The third-order valence-corrected chi connectivity index (χ3v) is 6.53. The van der Waals surface area contributed by atoms with Crippen LogP contribution in [0.3, 0.4) is 0 Å². The molecule has 1 aromatic heterocycles. The van der Waals surface area contributed by atoms with E-state index in [1.807, 2.05) is 43.3 Å². The molecule has 1 saturated heterocycles. The molecular weight excluding hydrogens is 400 g/mol. The van der Waals surface area contributed by atoms with Crippen LogP contribution in [0, 0.1) is 6.92 Å². The predicted molar refractivity (Wildman–Crippen MR) is 118 cm³/mol. The van der Waals surface area contributed by atoms with Gasteiger partial charge in [0.25, 0.3) is 0 Å². The van der Waals surface area contributed by atoms with E-state index in [9.17, 15) is 4.79 Å². The zero-order valence-electron chi connectivity index (χ0n) is 17.3. The smallest absolute Gasteiger partial charge is 0.195 e. The van der Waals surface area contributed by atoms with E-state index in [0.29, 0.717) is 22.8 Å². The van der Waals surface area contributed by atoms with Crippen LogP contribution in [0.5, 0.6) is 11.5 Å². The first kappa shape index (κ1) is 19.5. The van der Waals surface area contributed by atoms with Crippen molar-refractivity contribution in [1.82, 2.24) is 9.47 Å². The molecule has 5 rings (SSSR count). The highest BCUT2D eigenvalue weighted by atomic mass is 35.5. The van der Waals surface area contributed by atoms with Crippen LogP contribution >= 0.6 is 11.6 Å². The number of carbonyl (C=O) groups is 1. The van der Waals surface area contributed by atoms with Crippen LogP contribution in [-0.4, -0.2) is 48.6 Å². The fraction of sp³-hybridized carbons (Fsp3) is 0.375. The minimum atomic E-state index is -0.00561. The minimum absolute atomic E-state index is 0.00561. The van der Waals surface area contributed by atoms with E-state index < -0.39 is 0 Å². The Bertz CT molecular complexity index is 1110. The first-order valence-corrected chi connectivity index (χ1v) is 10.8. The standard InChI is InChI=1S/C24H25ClN2O3/c1-15-22(24(28)16-5-7-19(29-2)8-6-16)20-11-17(25)12-21-23(20)27(15)18(14-30-21)13-26-9-3-4-10-26/h5-8,11-12,18H,3-4,9-10,13-14H2,1-2H3.